The van der Waals surface area contributed by atoms with Crippen molar-refractivity contribution in [3.63, 3.8) is 0 Å². The van der Waals surface area contributed by atoms with Crippen LogP contribution in [0.3, 0.4) is 0 Å². The molecule has 0 radical (unpaired) electrons. The third-order valence-electron chi connectivity index (χ3n) is 1.90. The van der Waals surface area contributed by atoms with Crippen molar-refractivity contribution >= 4 is 5.82 Å². The van der Waals surface area contributed by atoms with Crippen molar-refractivity contribution in [2.75, 3.05) is 5.32 Å². The minimum atomic E-state index is -0.363. The molecule has 7 heteroatoms. The zero-order valence-electron chi connectivity index (χ0n) is 8.19. The second-order valence-corrected chi connectivity index (χ2v) is 2.99. The van der Waals surface area contributed by atoms with Crippen molar-refractivity contribution < 1.29 is 0 Å². The first kappa shape index (κ1) is 9.92. The van der Waals surface area contributed by atoms with Gasteiger partial charge >= 0.3 is 5.69 Å². The van der Waals surface area contributed by atoms with E-state index < -0.39 is 0 Å². The SMILES string of the molecule is N#Cc1cccnc1NCc1n[nH]c(=O)[nH]1. The van der Waals surface area contributed by atoms with Crippen LogP contribution >= 0.6 is 0 Å². The quantitative estimate of drug-likeness (QED) is 0.667. The van der Waals surface area contributed by atoms with Crippen molar-refractivity contribution in [1.82, 2.24) is 20.2 Å². The van der Waals surface area contributed by atoms with E-state index in [0.29, 0.717) is 23.8 Å². The summed E-state index contributed by atoms with van der Waals surface area (Å²) in [6, 6.07) is 5.35. The Morgan fingerprint density at radius 1 is 1.56 bits per heavy atom. The second kappa shape index (κ2) is 4.27. The number of aromatic amines is 2. The highest BCUT2D eigenvalue weighted by Gasteiger charge is 2.03. The molecule has 0 aromatic carbocycles. The molecular formula is C9H8N6O. The smallest absolute Gasteiger partial charge is 0.340 e. The molecule has 0 aliphatic heterocycles. The Bertz CT molecular complexity index is 578. The van der Waals surface area contributed by atoms with E-state index >= 15 is 0 Å². The van der Waals surface area contributed by atoms with Crippen LogP contribution in [0.15, 0.2) is 23.1 Å². The lowest BCUT2D eigenvalue weighted by Crippen LogP contribution is -2.06. The van der Waals surface area contributed by atoms with Gasteiger partial charge in [-0.2, -0.15) is 10.4 Å². The minimum absolute atomic E-state index is 0.296. The summed E-state index contributed by atoms with van der Waals surface area (Å²) in [5.74, 6) is 0.924. The van der Waals surface area contributed by atoms with Crippen molar-refractivity contribution in [2.45, 2.75) is 6.54 Å². The van der Waals surface area contributed by atoms with Gasteiger partial charge in [0, 0.05) is 6.20 Å². The Hall–Kier alpha value is -2.62. The van der Waals surface area contributed by atoms with Crippen molar-refractivity contribution in [1.29, 1.82) is 5.26 Å². The lowest BCUT2D eigenvalue weighted by atomic mass is 10.3. The van der Waals surface area contributed by atoms with Gasteiger partial charge < -0.3 is 5.32 Å². The molecule has 0 saturated carbocycles. The van der Waals surface area contributed by atoms with Gasteiger partial charge in [0.1, 0.15) is 17.7 Å². The number of H-pyrrole nitrogens is 2. The summed E-state index contributed by atoms with van der Waals surface area (Å²) in [7, 11) is 0. The first-order valence-electron chi connectivity index (χ1n) is 4.52. The number of nitriles is 1. The lowest BCUT2D eigenvalue weighted by Gasteiger charge is -2.03. The van der Waals surface area contributed by atoms with Crippen LogP contribution in [0.1, 0.15) is 11.4 Å². The molecule has 0 bridgehead atoms. The van der Waals surface area contributed by atoms with E-state index in [1.54, 1.807) is 18.3 Å². The number of anilines is 1. The number of nitrogens with zero attached hydrogens (tertiary/aromatic N) is 3. The second-order valence-electron chi connectivity index (χ2n) is 2.99. The lowest BCUT2D eigenvalue weighted by molar-refractivity contribution is 0.946. The number of nitrogens with one attached hydrogen (secondary N) is 3. The van der Waals surface area contributed by atoms with Gasteiger partial charge in [-0.1, -0.05) is 0 Å². The van der Waals surface area contributed by atoms with Crippen LogP contribution in [0.5, 0.6) is 0 Å². The molecule has 0 aliphatic carbocycles. The van der Waals surface area contributed by atoms with E-state index in [-0.39, 0.29) is 5.69 Å². The number of hydrogen-bond acceptors (Lipinski definition) is 5. The fourth-order valence-corrected chi connectivity index (χ4v) is 1.19. The molecule has 0 unspecified atom stereocenters. The van der Waals surface area contributed by atoms with Gasteiger partial charge in [0.05, 0.1) is 12.1 Å². The molecule has 2 rings (SSSR count). The van der Waals surface area contributed by atoms with E-state index in [0.717, 1.165) is 0 Å². The molecule has 0 atom stereocenters. The zero-order chi connectivity index (χ0) is 11.4. The maximum Gasteiger partial charge on any atom is 0.340 e. The van der Waals surface area contributed by atoms with Crippen molar-refractivity contribution in [2.24, 2.45) is 0 Å². The summed E-state index contributed by atoms with van der Waals surface area (Å²) in [5.41, 5.74) is 0.0821. The molecule has 2 aromatic heterocycles. The molecule has 2 aromatic rings. The molecule has 7 nitrogen and oxygen atoms in total. The van der Waals surface area contributed by atoms with E-state index in [1.807, 2.05) is 6.07 Å². The largest absolute Gasteiger partial charge is 0.362 e. The topological polar surface area (TPSA) is 110 Å². The maximum atomic E-state index is 10.8. The summed E-state index contributed by atoms with van der Waals surface area (Å²) in [6.45, 7) is 0.296. The summed E-state index contributed by atoms with van der Waals surface area (Å²) >= 11 is 0. The molecule has 16 heavy (non-hydrogen) atoms. The summed E-state index contributed by atoms with van der Waals surface area (Å²) in [4.78, 5) is 17.3. The van der Waals surface area contributed by atoms with E-state index in [2.05, 4.69) is 25.5 Å². The van der Waals surface area contributed by atoms with E-state index in [4.69, 9.17) is 5.26 Å². The normalized spacial score (nSPS) is 9.69. The molecule has 0 fully saturated rings. The van der Waals surface area contributed by atoms with Gasteiger partial charge in [0.2, 0.25) is 0 Å². The highest BCUT2D eigenvalue weighted by Crippen LogP contribution is 2.09. The molecule has 2 heterocycles. The Balaban J connectivity index is 2.11. The zero-order valence-corrected chi connectivity index (χ0v) is 8.19. The average Bonchev–Trinajstić information content (AvgIpc) is 2.73. The molecule has 80 valence electrons. The van der Waals surface area contributed by atoms with Gasteiger partial charge in [0.25, 0.3) is 0 Å². The molecule has 0 saturated heterocycles. The number of rotatable bonds is 3. The van der Waals surface area contributed by atoms with Crippen LogP contribution in [0.2, 0.25) is 0 Å². The molecule has 0 spiro atoms. The number of pyridine rings is 1. The fourth-order valence-electron chi connectivity index (χ4n) is 1.19. The van der Waals surface area contributed by atoms with Crippen LogP contribution in [-0.2, 0) is 6.54 Å². The monoisotopic (exact) mass is 216 g/mol. The Morgan fingerprint density at radius 2 is 2.44 bits per heavy atom. The molecular weight excluding hydrogens is 208 g/mol. The number of hydrogen-bond donors (Lipinski definition) is 3. The predicted octanol–water partition coefficient (Wildman–Crippen LogP) is -0.0232. The van der Waals surface area contributed by atoms with Crippen LogP contribution in [-0.4, -0.2) is 20.2 Å². The molecule has 3 N–H and O–H groups in total. The number of aromatic nitrogens is 4. The Labute approximate surface area is 90.2 Å². The standard InChI is InChI=1S/C9H8N6O/c10-4-6-2-1-3-11-8(6)12-5-7-13-9(16)15-14-7/h1-3H,5H2,(H,11,12)(H2,13,14,15,16). The van der Waals surface area contributed by atoms with Crippen LogP contribution < -0.4 is 11.0 Å². The Kier molecular flexibility index (Phi) is 2.65. The van der Waals surface area contributed by atoms with E-state index in [1.165, 1.54) is 0 Å². The average molecular weight is 216 g/mol. The first-order chi connectivity index (χ1) is 7.79. The summed E-state index contributed by atoms with van der Waals surface area (Å²) in [6.07, 6.45) is 1.58. The molecule has 0 amide bonds. The van der Waals surface area contributed by atoms with Gasteiger partial charge in [0.15, 0.2) is 0 Å². The van der Waals surface area contributed by atoms with Crippen LogP contribution in [0.25, 0.3) is 0 Å². The van der Waals surface area contributed by atoms with Crippen LogP contribution in [0.4, 0.5) is 5.82 Å². The molecule has 0 aliphatic rings. The highest BCUT2D eigenvalue weighted by atomic mass is 16.1. The summed E-state index contributed by atoms with van der Waals surface area (Å²) < 4.78 is 0. The van der Waals surface area contributed by atoms with Gasteiger partial charge in [-0.3, -0.25) is 4.98 Å². The first-order valence-corrected chi connectivity index (χ1v) is 4.52. The van der Waals surface area contributed by atoms with E-state index in [9.17, 15) is 4.79 Å². The predicted molar refractivity (Wildman–Crippen MR) is 55.5 cm³/mol. The third kappa shape index (κ3) is 2.06. The highest BCUT2D eigenvalue weighted by molar-refractivity contribution is 5.50. The van der Waals surface area contributed by atoms with Gasteiger partial charge in [-0.25, -0.2) is 14.9 Å². The fraction of sp³-hybridized carbons (Fsp3) is 0.111. The minimum Gasteiger partial charge on any atom is -0.362 e. The maximum absolute atomic E-state index is 10.8. The van der Waals surface area contributed by atoms with Crippen molar-refractivity contribution in [3.8, 4) is 6.07 Å². The van der Waals surface area contributed by atoms with Gasteiger partial charge in [-0.15, -0.1) is 0 Å². The van der Waals surface area contributed by atoms with Gasteiger partial charge in [-0.05, 0) is 12.1 Å². The Morgan fingerprint density at radius 3 is 3.12 bits per heavy atom. The van der Waals surface area contributed by atoms with Crippen molar-refractivity contribution in [3.05, 3.63) is 40.2 Å². The third-order valence-corrected chi connectivity index (χ3v) is 1.90. The van der Waals surface area contributed by atoms with Crippen LogP contribution in [0, 0.1) is 11.3 Å². The summed E-state index contributed by atoms with van der Waals surface area (Å²) in [5, 5.41) is 17.7.